The first kappa shape index (κ1) is 11.0. The predicted molar refractivity (Wildman–Crippen MR) is 64.5 cm³/mol. The maximum Gasteiger partial charge on any atom is 0.0577 e. The molecular formula is C13H24N2O. The molecule has 3 fully saturated rings. The fourth-order valence-corrected chi connectivity index (χ4v) is 3.71. The molecule has 3 heteroatoms. The number of nitrogens with zero attached hydrogens (tertiary/aromatic N) is 1. The van der Waals surface area contributed by atoms with Gasteiger partial charge in [-0.15, -0.1) is 0 Å². The van der Waals surface area contributed by atoms with Crippen molar-refractivity contribution in [3.8, 4) is 0 Å². The van der Waals surface area contributed by atoms with Crippen LogP contribution in [0.15, 0.2) is 0 Å². The third kappa shape index (κ3) is 2.01. The Labute approximate surface area is 98.5 Å². The van der Waals surface area contributed by atoms with E-state index in [0.29, 0.717) is 11.5 Å². The Morgan fingerprint density at radius 2 is 2.25 bits per heavy atom. The lowest BCUT2D eigenvalue weighted by Crippen LogP contribution is -2.39. The van der Waals surface area contributed by atoms with Crippen molar-refractivity contribution in [3.05, 3.63) is 0 Å². The summed E-state index contributed by atoms with van der Waals surface area (Å²) < 4.78 is 5.35. The molecule has 3 rings (SSSR count). The van der Waals surface area contributed by atoms with Crippen molar-refractivity contribution < 1.29 is 4.74 Å². The third-order valence-corrected chi connectivity index (χ3v) is 4.89. The maximum absolute atomic E-state index is 5.35. The molecule has 0 bridgehead atoms. The highest BCUT2D eigenvalue weighted by atomic mass is 16.5. The summed E-state index contributed by atoms with van der Waals surface area (Å²) in [7, 11) is 1.84. The molecular weight excluding hydrogens is 200 g/mol. The number of hydrogen-bond donors (Lipinski definition) is 1. The number of rotatable bonds is 3. The van der Waals surface area contributed by atoms with E-state index in [2.05, 4.69) is 10.2 Å². The molecule has 0 aromatic heterocycles. The number of nitrogens with one attached hydrogen (secondary N) is 1. The second kappa shape index (κ2) is 4.28. The van der Waals surface area contributed by atoms with E-state index in [1.165, 1.54) is 58.4 Å². The summed E-state index contributed by atoms with van der Waals surface area (Å²) in [6, 6.07) is 0. The van der Waals surface area contributed by atoms with E-state index in [4.69, 9.17) is 4.74 Å². The molecule has 3 nitrogen and oxygen atoms in total. The first-order chi connectivity index (χ1) is 7.80. The van der Waals surface area contributed by atoms with Gasteiger partial charge in [0, 0.05) is 26.7 Å². The van der Waals surface area contributed by atoms with Gasteiger partial charge in [-0.1, -0.05) is 0 Å². The van der Waals surface area contributed by atoms with E-state index in [1.54, 1.807) is 0 Å². The van der Waals surface area contributed by atoms with Crippen molar-refractivity contribution in [2.24, 2.45) is 11.3 Å². The number of likely N-dealkylation sites (tertiary alicyclic amines) is 1. The smallest absolute Gasteiger partial charge is 0.0577 e. The van der Waals surface area contributed by atoms with Crippen molar-refractivity contribution in [1.82, 2.24) is 10.2 Å². The zero-order chi connectivity index (χ0) is 11.0. The van der Waals surface area contributed by atoms with E-state index < -0.39 is 0 Å². The second-order valence-corrected chi connectivity index (χ2v) is 6.11. The van der Waals surface area contributed by atoms with Gasteiger partial charge in [-0.3, -0.25) is 0 Å². The Hall–Kier alpha value is -0.120. The van der Waals surface area contributed by atoms with Crippen LogP contribution < -0.4 is 5.32 Å². The summed E-state index contributed by atoms with van der Waals surface area (Å²) in [5, 5.41) is 3.53. The molecule has 2 aliphatic heterocycles. The first-order valence-corrected chi connectivity index (χ1v) is 6.76. The summed E-state index contributed by atoms with van der Waals surface area (Å²) >= 11 is 0. The lowest BCUT2D eigenvalue weighted by molar-refractivity contribution is -0.00943. The van der Waals surface area contributed by atoms with E-state index in [1.807, 2.05) is 7.11 Å². The lowest BCUT2D eigenvalue weighted by Gasteiger charge is -2.37. The quantitative estimate of drug-likeness (QED) is 0.777. The Morgan fingerprint density at radius 1 is 1.38 bits per heavy atom. The van der Waals surface area contributed by atoms with Crippen LogP contribution in [0.2, 0.25) is 0 Å². The zero-order valence-electron chi connectivity index (χ0n) is 10.4. The average molecular weight is 224 g/mol. The number of hydrogen-bond acceptors (Lipinski definition) is 3. The van der Waals surface area contributed by atoms with Gasteiger partial charge in [0.1, 0.15) is 0 Å². The molecule has 2 saturated heterocycles. The van der Waals surface area contributed by atoms with E-state index in [0.717, 1.165) is 5.92 Å². The summed E-state index contributed by atoms with van der Waals surface area (Å²) in [5.74, 6) is 0.912. The average Bonchev–Trinajstić information content (AvgIpc) is 2.83. The van der Waals surface area contributed by atoms with E-state index >= 15 is 0 Å². The minimum atomic E-state index is 0.565. The van der Waals surface area contributed by atoms with Crippen molar-refractivity contribution in [3.63, 3.8) is 0 Å². The third-order valence-electron chi connectivity index (χ3n) is 4.89. The minimum Gasteiger partial charge on any atom is -0.381 e. The van der Waals surface area contributed by atoms with Gasteiger partial charge in [-0.05, 0) is 50.1 Å². The Kier molecular flexibility index (Phi) is 2.94. The van der Waals surface area contributed by atoms with Gasteiger partial charge in [0.15, 0.2) is 0 Å². The molecule has 16 heavy (non-hydrogen) atoms. The summed E-state index contributed by atoms with van der Waals surface area (Å²) in [4.78, 5) is 2.70. The normalized spacial score (nSPS) is 44.1. The first-order valence-electron chi connectivity index (χ1n) is 6.76. The molecule has 0 amide bonds. The van der Waals surface area contributed by atoms with Gasteiger partial charge in [0.2, 0.25) is 0 Å². The molecule has 1 spiro atoms. The second-order valence-electron chi connectivity index (χ2n) is 6.11. The molecule has 2 heterocycles. The fraction of sp³-hybridized carbons (Fsp3) is 1.00. The van der Waals surface area contributed by atoms with Crippen LogP contribution in [-0.2, 0) is 4.74 Å². The molecule has 1 saturated carbocycles. The molecule has 0 aromatic rings. The molecule has 3 aliphatic rings. The Morgan fingerprint density at radius 3 is 2.94 bits per heavy atom. The molecule has 1 aliphatic carbocycles. The van der Waals surface area contributed by atoms with Gasteiger partial charge in [0.25, 0.3) is 0 Å². The standard InChI is InChI=1S/C13H24N2O/c1-16-12-6-11(7-12)8-15-5-3-13(10-15)2-4-14-9-13/h11-12,14H,2-10H2,1H3. The summed E-state index contributed by atoms with van der Waals surface area (Å²) in [5.41, 5.74) is 0.643. The summed E-state index contributed by atoms with van der Waals surface area (Å²) in [6.07, 6.45) is 5.96. The number of ether oxygens (including phenoxy) is 1. The van der Waals surface area contributed by atoms with E-state index in [9.17, 15) is 0 Å². The minimum absolute atomic E-state index is 0.565. The highest BCUT2D eigenvalue weighted by molar-refractivity contribution is 4.96. The fourth-order valence-electron chi connectivity index (χ4n) is 3.71. The highest BCUT2D eigenvalue weighted by Crippen LogP contribution is 2.38. The van der Waals surface area contributed by atoms with Crippen molar-refractivity contribution in [2.45, 2.75) is 31.8 Å². The highest BCUT2D eigenvalue weighted by Gasteiger charge is 2.41. The van der Waals surface area contributed by atoms with Crippen LogP contribution in [0.3, 0.4) is 0 Å². The molecule has 0 aromatic carbocycles. The van der Waals surface area contributed by atoms with Gasteiger partial charge in [0.05, 0.1) is 6.10 Å². The topological polar surface area (TPSA) is 24.5 Å². The largest absolute Gasteiger partial charge is 0.381 e. The van der Waals surface area contributed by atoms with Crippen LogP contribution in [0.4, 0.5) is 0 Å². The van der Waals surface area contributed by atoms with Gasteiger partial charge >= 0.3 is 0 Å². The van der Waals surface area contributed by atoms with Crippen LogP contribution in [0.25, 0.3) is 0 Å². The lowest BCUT2D eigenvalue weighted by atomic mass is 9.82. The Bertz CT molecular complexity index is 244. The maximum atomic E-state index is 5.35. The van der Waals surface area contributed by atoms with Crippen molar-refractivity contribution in [1.29, 1.82) is 0 Å². The van der Waals surface area contributed by atoms with Gasteiger partial charge in [-0.25, -0.2) is 0 Å². The zero-order valence-corrected chi connectivity index (χ0v) is 10.4. The van der Waals surface area contributed by atoms with Crippen molar-refractivity contribution in [2.75, 3.05) is 39.8 Å². The van der Waals surface area contributed by atoms with Crippen LogP contribution >= 0.6 is 0 Å². The SMILES string of the molecule is COC1CC(CN2CCC3(CCNC3)C2)C1. The van der Waals surface area contributed by atoms with Crippen LogP contribution in [-0.4, -0.2) is 50.8 Å². The van der Waals surface area contributed by atoms with Crippen LogP contribution in [0.1, 0.15) is 25.7 Å². The van der Waals surface area contributed by atoms with E-state index in [-0.39, 0.29) is 0 Å². The molecule has 1 N–H and O–H groups in total. The van der Waals surface area contributed by atoms with Gasteiger partial charge < -0.3 is 15.0 Å². The Balaban J connectivity index is 1.44. The predicted octanol–water partition coefficient (Wildman–Crippen LogP) is 1.10. The molecule has 92 valence electrons. The summed E-state index contributed by atoms with van der Waals surface area (Å²) in [6.45, 7) is 6.49. The van der Waals surface area contributed by atoms with Crippen LogP contribution in [0, 0.1) is 11.3 Å². The van der Waals surface area contributed by atoms with Crippen molar-refractivity contribution >= 4 is 0 Å². The molecule has 1 atom stereocenters. The number of methoxy groups -OCH3 is 1. The monoisotopic (exact) mass is 224 g/mol. The molecule has 1 unspecified atom stereocenters. The van der Waals surface area contributed by atoms with Gasteiger partial charge in [-0.2, -0.15) is 0 Å². The van der Waals surface area contributed by atoms with Crippen LogP contribution in [0.5, 0.6) is 0 Å². The molecule has 0 radical (unpaired) electrons.